The Morgan fingerprint density at radius 2 is 1.78 bits per heavy atom. The molecule has 0 saturated heterocycles. The van der Waals surface area contributed by atoms with Crippen molar-refractivity contribution in [1.82, 2.24) is 5.32 Å². The number of nitro benzene ring substituents is 1. The molecule has 162 valence electrons. The SMILES string of the molecule is O=C1Nc2ccc([N+](=O)[O-])cc2/C1=C(/Nc1ccc(CNCCO)cc1)c1ccccc1. The quantitative estimate of drug-likeness (QED) is 0.188. The van der Waals surface area contributed by atoms with Crippen molar-refractivity contribution in [3.8, 4) is 0 Å². The number of benzene rings is 3. The van der Waals surface area contributed by atoms with Gasteiger partial charge in [0.2, 0.25) is 0 Å². The minimum absolute atomic E-state index is 0.0787. The molecule has 0 atom stereocenters. The molecule has 4 rings (SSSR count). The number of carbonyl (C=O) groups is 1. The molecule has 0 unspecified atom stereocenters. The zero-order valence-electron chi connectivity index (χ0n) is 17.2. The van der Waals surface area contributed by atoms with Gasteiger partial charge in [-0.1, -0.05) is 42.5 Å². The van der Waals surface area contributed by atoms with E-state index in [1.165, 1.54) is 12.1 Å². The summed E-state index contributed by atoms with van der Waals surface area (Å²) in [5.41, 5.74) is 4.47. The third kappa shape index (κ3) is 4.51. The third-order valence-corrected chi connectivity index (χ3v) is 5.11. The lowest BCUT2D eigenvalue weighted by molar-refractivity contribution is -0.384. The number of hydrogen-bond donors (Lipinski definition) is 4. The van der Waals surface area contributed by atoms with Crippen molar-refractivity contribution in [2.75, 3.05) is 23.8 Å². The molecule has 4 N–H and O–H groups in total. The maximum absolute atomic E-state index is 12.9. The fraction of sp³-hybridized carbons (Fsp3) is 0.125. The summed E-state index contributed by atoms with van der Waals surface area (Å²) in [7, 11) is 0. The Kier molecular flexibility index (Phi) is 6.25. The van der Waals surface area contributed by atoms with Crippen molar-refractivity contribution in [2.45, 2.75) is 6.54 Å². The van der Waals surface area contributed by atoms with Crippen LogP contribution in [-0.4, -0.2) is 29.1 Å². The minimum Gasteiger partial charge on any atom is -0.395 e. The van der Waals surface area contributed by atoms with Crippen molar-refractivity contribution in [3.63, 3.8) is 0 Å². The number of fused-ring (bicyclic) bond motifs is 1. The second-order valence-electron chi connectivity index (χ2n) is 7.28. The number of non-ortho nitro benzene ring substituents is 1. The first-order chi connectivity index (χ1) is 15.6. The van der Waals surface area contributed by atoms with E-state index in [0.29, 0.717) is 35.6 Å². The molecule has 0 bridgehead atoms. The summed E-state index contributed by atoms with van der Waals surface area (Å²) in [4.78, 5) is 23.7. The van der Waals surface area contributed by atoms with Crippen LogP contribution in [0.4, 0.5) is 17.1 Å². The largest absolute Gasteiger partial charge is 0.395 e. The van der Waals surface area contributed by atoms with E-state index in [9.17, 15) is 14.9 Å². The van der Waals surface area contributed by atoms with Crippen LogP contribution in [0.3, 0.4) is 0 Å². The minimum atomic E-state index is -0.472. The van der Waals surface area contributed by atoms with Crippen molar-refractivity contribution >= 4 is 34.2 Å². The van der Waals surface area contributed by atoms with Crippen molar-refractivity contribution in [2.24, 2.45) is 0 Å². The molecule has 0 saturated carbocycles. The molecule has 0 radical (unpaired) electrons. The highest BCUT2D eigenvalue weighted by atomic mass is 16.6. The average molecular weight is 430 g/mol. The lowest BCUT2D eigenvalue weighted by atomic mass is 9.99. The van der Waals surface area contributed by atoms with Crippen molar-refractivity contribution in [3.05, 3.63) is 99.6 Å². The van der Waals surface area contributed by atoms with E-state index in [1.54, 1.807) is 6.07 Å². The summed E-state index contributed by atoms with van der Waals surface area (Å²) < 4.78 is 0. The lowest BCUT2D eigenvalue weighted by Crippen LogP contribution is -2.17. The summed E-state index contributed by atoms with van der Waals surface area (Å²) in [6.07, 6.45) is 0. The van der Waals surface area contributed by atoms with E-state index < -0.39 is 4.92 Å². The molecule has 0 fully saturated rings. The Balaban J connectivity index is 1.75. The number of aliphatic hydroxyl groups excluding tert-OH is 1. The van der Waals surface area contributed by atoms with Gasteiger partial charge in [-0.3, -0.25) is 14.9 Å². The Morgan fingerprint density at radius 3 is 2.47 bits per heavy atom. The number of nitrogens with zero attached hydrogens (tertiary/aromatic N) is 1. The molecule has 1 aliphatic rings. The first-order valence-electron chi connectivity index (χ1n) is 10.1. The van der Waals surface area contributed by atoms with Gasteiger partial charge in [0.1, 0.15) is 0 Å². The summed E-state index contributed by atoms with van der Waals surface area (Å²) in [5, 5.41) is 29.5. The summed E-state index contributed by atoms with van der Waals surface area (Å²) in [6, 6.07) is 21.4. The molecular weight excluding hydrogens is 408 g/mol. The number of aliphatic hydroxyl groups is 1. The van der Waals surface area contributed by atoms with Gasteiger partial charge in [-0.2, -0.15) is 0 Å². The van der Waals surface area contributed by atoms with Crippen LogP contribution < -0.4 is 16.0 Å². The smallest absolute Gasteiger partial charge is 0.270 e. The molecule has 0 aromatic heterocycles. The standard InChI is InChI=1S/C24H22N4O4/c29-13-12-25-15-16-6-8-18(9-7-16)26-23(17-4-2-1-3-5-17)22-20-14-19(28(31)32)10-11-21(20)27-24(22)30/h1-11,14,25-26,29H,12-13,15H2,(H,27,30)/b23-22-. The topological polar surface area (TPSA) is 117 Å². The number of anilines is 2. The molecule has 0 spiro atoms. The highest BCUT2D eigenvalue weighted by Gasteiger charge is 2.30. The van der Waals surface area contributed by atoms with Crippen LogP contribution in [0, 0.1) is 10.1 Å². The highest BCUT2D eigenvalue weighted by molar-refractivity contribution is 6.37. The predicted octanol–water partition coefficient (Wildman–Crippen LogP) is 3.61. The van der Waals surface area contributed by atoms with E-state index in [1.807, 2.05) is 54.6 Å². The normalized spacial score (nSPS) is 14.0. The van der Waals surface area contributed by atoms with Gasteiger partial charge in [-0.25, -0.2) is 0 Å². The molecule has 8 nitrogen and oxygen atoms in total. The van der Waals surface area contributed by atoms with Gasteiger partial charge < -0.3 is 21.1 Å². The summed E-state index contributed by atoms with van der Waals surface area (Å²) >= 11 is 0. The zero-order chi connectivity index (χ0) is 22.5. The maximum Gasteiger partial charge on any atom is 0.270 e. The van der Waals surface area contributed by atoms with E-state index >= 15 is 0 Å². The monoisotopic (exact) mass is 430 g/mol. The highest BCUT2D eigenvalue weighted by Crippen LogP contribution is 2.39. The molecule has 3 aromatic rings. The Hall–Kier alpha value is -4.01. The van der Waals surface area contributed by atoms with Gasteiger partial charge in [0.05, 0.1) is 22.8 Å². The van der Waals surface area contributed by atoms with Gasteiger partial charge >= 0.3 is 0 Å². The summed E-state index contributed by atoms with van der Waals surface area (Å²) in [5.74, 6) is -0.323. The van der Waals surface area contributed by atoms with Crippen molar-refractivity contribution in [1.29, 1.82) is 0 Å². The molecular formula is C24H22N4O4. The fourth-order valence-corrected chi connectivity index (χ4v) is 3.56. The van der Waals surface area contributed by atoms with Crippen molar-refractivity contribution < 1.29 is 14.8 Å². The third-order valence-electron chi connectivity index (χ3n) is 5.11. The van der Waals surface area contributed by atoms with E-state index in [0.717, 1.165) is 16.8 Å². The first kappa shape index (κ1) is 21.2. The van der Waals surface area contributed by atoms with E-state index in [4.69, 9.17) is 5.11 Å². The predicted molar refractivity (Wildman–Crippen MR) is 124 cm³/mol. The van der Waals surface area contributed by atoms with Gasteiger partial charge in [0.25, 0.3) is 11.6 Å². The van der Waals surface area contributed by atoms with Crippen LogP contribution >= 0.6 is 0 Å². The number of amides is 1. The molecule has 1 amide bonds. The van der Waals surface area contributed by atoms with Gasteiger partial charge in [0.15, 0.2) is 0 Å². The Bertz CT molecular complexity index is 1170. The van der Waals surface area contributed by atoms with E-state index in [2.05, 4.69) is 16.0 Å². The lowest BCUT2D eigenvalue weighted by Gasteiger charge is -2.15. The Morgan fingerprint density at radius 1 is 1.03 bits per heavy atom. The average Bonchev–Trinajstić information content (AvgIpc) is 3.14. The van der Waals surface area contributed by atoms with Gasteiger partial charge in [0, 0.05) is 42.2 Å². The van der Waals surface area contributed by atoms with Crippen LogP contribution in [0.5, 0.6) is 0 Å². The molecule has 1 aliphatic heterocycles. The molecule has 8 heteroatoms. The number of nitro groups is 1. The number of hydrogen-bond acceptors (Lipinski definition) is 6. The van der Waals surface area contributed by atoms with Crippen LogP contribution in [0.25, 0.3) is 11.3 Å². The van der Waals surface area contributed by atoms with Crippen LogP contribution in [0.15, 0.2) is 72.8 Å². The number of carbonyl (C=O) groups excluding carboxylic acids is 1. The fourth-order valence-electron chi connectivity index (χ4n) is 3.56. The second kappa shape index (κ2) is 9.42. The zero-order valence-corrected chi connectivity index (χ0v) is 17.2. The van der Waals surface area contributed by atoms with Crippen LogP contribution in [-0.2, 0) is 11.3 Å². The Labute approximate surface area is 184 Å². The molecule has 0 aliphatic carbocycles. The van der Waals surface area contributed by atoms with Gasteiger partial charge in [-0.15, -0.1) is 0 Å². The number of rotatable bonds is 8. The molecule has 1 heterocycles. The molecule has 3 aromatic carbocycles. The van der Waals surface area contributed by atoms with Crippen LogP contribution in [0.1, 0.15) is 16.7 Å². The number of nitrogens with one attached hydrogen (secondary N) is 3. The first-order valence-corrected chi connectivity index (χ1v) is 10.1. The summed E-state index contributed by atoms with van der Waals surface area (Å²) in [6.45, 7) is 1.23. The van der Waals surface area contributed by atoms with Crippen LogP contribution in [0.2, 0.25) is 0 Å². The van der Waals surface area contributed by atoms with Gasteiger partial charge in [-0.05, 0) is 29.3 Å². The maximum atomic E-state index is 12.9. The second-order valence-corrected chi connectivity index (χ2v) is 7.28. The molecule has 32 heavy (non-hydrogen) atoms. The van der Waals surface area contributed by atoms with E-state index in [-0.39, 0.29) is 18.2 Å².